The molecule has 0 aromatic heterocycles. The lowest BCUT2D eigenvalue weighted by Gasteiger charge is -2.13. The average molecular weight is 276 g/mol. The second-order valence-electron chi connectivity index (χ2n) is 4.66. The maximum atomic E-state index is 6.02. The zero-order chi connectivity index (χ0) is 13.8. The summed E-state index contributed by atoms with van der Waals surface area (Å²) in [6, 6.07) is 11.8. The van der Waals surface area contributed by atoms with Crippen molar-refractivity contribution in [1.82, 2.24) is 0 Å². The SMILES string of the molecule is Cc1ccc(C)c(Oc2ccc(Cl)cc2CCN)c1. The van der Waals surface area contributed by atoms with E-state index in [2.05, 4.69) is 19.1 Å². The van der Waals surface area contributed by atoms with Gasteiger partial charge in [0.1, 0.15) is 11.5 Å². The normalized spacial score (nSPS) is 10.5. The zero-order valence-corrected chi connectivity index (χ0v) is 12.0. The van der Waals surface area contributed by atoms with Gasteiger partial charge in [0.2, 0.25) is 0 Å². The van der Waals surface area contributed by atoms with Crippen LogP contribution in [0.2, 0.25) is 5.02 Å². The van der Waals surface area contributed by atoms with E-state index in [0.717, 1.165) is 29.0 Å². The van der Waals surface area contributed by atoms with Crippen LogP contribution in [0.15, 0.2) is 36.4 Å². The van der Waals surface area contributed by atoms with Crippen LogP contribution in [0.25, 0.3) is 0 Å². The van der Waals surface area contributed by atoms with Gasteiger partial charge in [0.25, 0.3) is 0 Å². The monoisotopic (exact) mass is 275 g/mol. The third-order valence-electron chi connectivity index (χ3n) is 3.00. The van der Waals surface area contributed by atoms with Gasteiger partial charge < -0.3 is 10.5 Å². The summed E-state index contributed by atoms with van der Waals surface area (Å²) >= 11 is 6.02. The number of aryl methyl sites for hydroxylation is 2. The molecule has 0 spiro atoms. The number of hydrogen-bond donors (Lipinski definition) is 1. The van der Waals surface area contributed by atoms with Crippen molar-refractivity contribution in [2.75, 3.05) is 6.54 Å². The smallest absolute Gasteiger partial charge is 0.130 e. The fraction of sp³-hybridized carbons (Fsp3) is 0.250. The molecule has 2 rings (SSSR count). The van der Waals surface area contributed by atoms with E-state index < -0.39 is 0 Å². The maximum absolute atomic E-state index is 6.02. The van der Waals surface area contributed by atoms with Crippen molar-refractivity contribution in [2.45, 2.75) is 20.3 Å². The number of benzene rings is 2. The van der Waals surface area contributed by atoms with Gasteiger partial charge in [-0.05, 0) is 67.8 Å². The van der Waals surface area contributed by atoms with Crippen LogP contribution in [0.3, 0.4) is 0 Å². The quantitative estimate of drug-likeness (QED) is 0.905. The number of hydrogen-bond acceptors (Lipinski definition) is 2. The first-order valence-corrected chi connectivity index (χ1v) is 6.71. The van der Waals surface area contributed by atoms with E-state index >= 15 is 0 Å². The third kappa shape index (κ3) is 3.49. The molecule has 0 bridgehead atoms. The topological polar surface area (TPSA) is 35.2 Å². The first-order valence-electron chi connectivity index (χ1n) is 6.34. The van der Waals surface area contributed by atoms with E-state index in [1.807, 2.05) is 31.2 Å². The molecule has 0 unspecified atom stereocenters. The minimum atomic E-state index is 0.573. The molecule has 0 radical (unpaired) electrons. The molecule has 19 heavy (non-hydrogen) atoms. The highest BCUT2D eigenvalue weighted by atomic mass is 35.5. The van der Waals surface area contributed by atoms with Crippen LogP contribution in [0.5, 0.6) is 11.5 Å². The van der Waals surface area contributed by atoms with E-state index in [4.69, 9.17) is 22.1 Å². The Labute approximate surface area is 119 Å². The predicted octanol–water partition coefficient (Wildman–Crippen LogP) is 4.25. The second kappa shape index (κ2) is 6.09. The molecule has 0 heterocycles. The van der Waals surface area contributed by atoms with Gasteiger partial charge in [0.05, 0.1) is 0 Å². The molecule has 2 N–H and O–H groups in total. The first-order chi connectivity index (χ1) is 9.10. The molecule has 3 heteroatoms. The maximum Gasteiger partial charge on any atom is 0.130 e. The summed E-state index contributed by atoms with van der Waals surface area (Å²) in [6.07, 6.45) is 0.751. The summed E-state index contributed by atoms with van der Waals surface area (Å²) in [6.45, 7) is 4.66. The lowest BCUT2D eigenvalue weighted by molar-refractivity contribution is 0.472. The van der Waals surface area contributed by atoms with E-state index in [9.17, 15) is 0 Å². The van der Waals surface area contributed by atoms with Gasteiger partial charge in [-0.15, -0.1) is 0 Å². The molecule has 100 valence electrons. The standard InChI is InChI=1S/C16H18ClNO/c1-11-3-4-12(2)16(9-11)19-15-6-5-14(17)10-13(15)7-8-18/h3-6,9-10H,7-8,18H2,1-2H3. The zero-order valence-electron chi connectivity index (χ0n) is 11.2. The summed E-state index contributed by atoms with van der Waals surface area (Å²) < 4.78 is 6.01. The molecule has 2 aromatic carbocycles. The second-order valence-corrected chi connectivity index (χ2v) is 5.10. The molecular weight excluding hydrogens is 258 g/mol. The molecule has 0 aliphatic heterocycles. The molecule has 0 saturated carbocycles. The predicted molar refractivity (Wildman–Crippen MR) is 80.2 cm³/mol. The Morgan fingerprint density at radius 2 is 1.84 bits per heavy atom. The lowest BCUT2D eigenvalue weighted by atomic mass is 10.1. The van der Waals surface area contributed by atoms with Gasteiger partial charge in [-0.1, -0.05) is 23.7 Å². The summed E-state index contributed by atoms with van der Waals surface area (Å²) in [7, 11) is 0. The minimum absolute atomic E-state index is 0.573. The Balaban J connectivity index is 2.34. The van der Waals surface area contributed by atoms with E-state index in [1.54, 1.807) is 0 Å². The van der Waals surface area contributed by atoms with Crippen LogP contribution in [-0.4, -0.2) is 6.54 Å². The Morgan fingerprint density at radius 1 is 1.05 bits per heavy atom. The van der Waals surface area contributed by atoms with Gasteiger partial charge in [-0.25, -0.2) is 0 Å². The molecule has 0 amide bonds. The summed E-state index contributed by atoms with van der Waals surface area (Å²) in [5, 5.41) is 0.705. The van der Waals surface area contributed by atoms with Gasteiger partial charge in [0, 0.05) is 5.02 Å². The van der Waals surface area contributed by atoms with Crippen LogP contribution in [0.4, 0.5) is 0 Å². The number of nitrogens with two attached hydrogens (primary N) is 1. The third-order valence-corrected chi connectivity index (χ3v) is 3.23. The Bertz CT molecular complexity index is 581. The molecule has 0 fully saturated rings. The largest absolute Gasteiger partial charge is 0.457 e. The minimum Gasteiger partial charge on any atom is -0.457 e. The van der Waals surface area contributed by atoms with Crippen molar-refractivity contribution in [1.29, 1.82) is 0 Å². The van der Waals surface area contributed by atoms with Crippen molar-refractivity contribution < 1.29 is 4.74 Å². The number of halogens is 1. The Morgan fingerprint density at radius 3 is 2.58 bits per heavy atom. The highest BCUT2D eigenvalue weighted by Crippen LogP contribution is 2.30. The highest BCUT2D eigenvalue weighted by molar-refractivity contribution is 6.30. The number of rotatable bonds is 4. The molecular formula is C16H18ClNO. The van der Waals surface area contributed by atoms with Crippen LogP contribution < -0.4 is 10.5 Å². The molecule has 0 atom stereocenters. The van der Waals surface area contributed by atoms with Crippen LogP contribution in [0, 0.1) is 13.8 Å². The van der Waals surface area contributed by atoms with Crippen LogP contribution in [-0.2, 0) is 6.42 Å². The van der Waals surface area contributed by atoms with Crippen molar-refractivity contribution in [2.24, 2.45) is 5.73 Å². The van der Waals surface area contributed by atoms with Crippen LogP contribution in [0.1, 0.15) is 16.7 Å². The van der Waals surface area contributed by atoms with Gasteiger partial charge >= 0.3 is 0 Å². The first kappa shape index (κ1) is 13.9. The molecule has 2 aromatic rings. The Hall–Kier alpha value is -1.51. The molecule has 0 aliphatic rings. The van der Waals surface area contributed by atoms with E-state index in [1.165, 1.54) is 5.56 Å². The van der Waals surface area contributed by atoms with Crippen molar-refractivity contribution >= 4 is 11.6 Å². The van der Waals surface area contributed by atoms with Crippen molar-refractivity contribution in [3.8, 4) is 11.5 Å². The summed E-state index contributed by atoms with van der Waals surface area (Å²) in [5.74, 6) is 1.70. The summed E-state index contributed by atoms with van der Waals surface area (Å²) in [4.78, 5) is 0. The average Bonchev–Trinajstić information content (AvgIpc) is 2.37. The molecule has 0 aliphatic carbocycles. The van der Waals surface area contributed by atoms with Crippen molar-refractivity contribution in [3.05, 3.63) is 58.1 Å². The fourth-order valence-corrected chi connectivity index (χ4v) is 2.13. The van der Waals surface area contributed by atoms with Crippen LogP contribution >= 0.6 is 11.6 Å². The van der Waals surface area contributed by atoms with Gasteiger partial charge in [-0.2, -0.15) is 0 Å². The molecule has 0 saturated heterocycles. The van der Waals surface area contributed by atoms with E-state index in [-0.39, 0.29) is 0 Å². The Kier molecular flexibility index (Phi) is 4.46. The van der Waals surface area contributed by atoms with E-state index in [0.29, 0.717) is 11.6 Å². The number of ether oxygens (including phenoxy) is 1. The van der Waals surface area contributed by atoms with Crippen molar-refractivity contribution in [3.63, 3.8) is 0 Å². The fourth-order valence-electron chi connectivity index (χ4n) is 1.93. The van der Waals surface area contributed by atoms with Gasteiger partial charge in [-0.3, -0.25) is 0 Å². The summed E-state index contributed by atoms with van der Waals surface area (Å²) in [5.41, 5.74) is 8.95. The van der Waals surface area contributed by atoms with Gasteiger partial charge in [0.15, 0.2) is 0 Å². The molecule has 2 nitrogen and oxygen atoms in total. The highest BCUT2D eigenvalue weighted by Gasteiger charge is 2.07. The lowest BCUT2D eigenvalue weighted by Crippen LogP contribution is -2.04.